The molecule has 0 aromatic carbocycles. The van der Waals surface area contributed by atoms with Crippen LogP contribution in [0.4, 0.5) is 0 Å². The second-order valence-corrected chi connectivity index (χ2v) is 6.26. The second-order valence-electron chi connectivity index (χ2n) is 6.26. The zero-order valence-electron chi connectivity index (χ0n) is 12.9. The summed E-state index contributed by atoms with van der Waals surface area (Å²) in [6.07, 6.45) is 9.47. The van der Waals surface area contributed by atoms with E-state index in [2.05, 4.69) is 16.7 Å². The molecule has 3 heteroatoms. The van der Waals surface area contributed by atoms with Crippen LogP contribution in [0.5, 0.6) is 0 Å². The van der Waals surface area contributed by atoms with E-state index in [1.807, 2.05) is 0 Å². The molecule has 3 nitrogen and oxygen atoms in total. The summed E-state index contributed by atoms with van der Waals surface area (Å²) in [5.41, 5.74) is 0. The minimum atomic E-state index is 0.803. The van der Waals surface area contributed by atoms with Gasteiger partial charge in [0.25, 0.3) is 0 Å². The third-order valence-corrected chi connectivity index (χ3v) is 4.92. The van der Waals surface area contributed by atoms with Crippen LogP contribution in [-0.4, -0.2) is 61.8 Å². The minimum Gasteiger partial charge on any atom is -0.385 e. The lowest BCUT2D eigenvalue weighted by Crippen LogP contribution is -2.59. The molecule has 0 spiro atoms. The van der Waals surface area contributed by atoms with Crippen LogP contribution in [0.1, 0.15) is 51.9 Å². The van der Waals surface area contributed by atoms with Crippen LogP contribution in [0.3, 0.4) is 0 Å². The Balaban J connectivity index is 1.74. The molecule has 0 aliphatic carbocycles. The fraction of sp³-hybridized carbons (Fsp3) is 1.00. The zero-order chi connectivity index (χ0) is 13.5. The highest BCUT2D eigenvalue weighted by Crippen LogP contribution is 2.25. The first kappa shape index (κ1) is 15.3. The van der Waals surface area contributed by atoms with Gasteiger partial charge in [-0.2, -0.15) is 0 Å². The van der Waals surface area contributed by atoms with Gasteiger partial charge in [-0.15, -0.1) is 0 Å². The van der Waals surface area contributed by atoms with Gasteiger partial charge < -0.3 is 4.74 Å². The quantitative estimate of drug-likeness (QED) is 0.660. The first-order valence-corrected chi connectivity index (χ1v) is 8.32. The molecule has 0 amide bonds. The number of ether oxygens (including phenoxy) is 1. The third kappa shape index (κ3) is 4.44. The zero-order valence-corrected chi connectivity index (χ0v) is 12.9. The number of hydrogen-bond donors (Lipinski definition) is 0. The number of methoxy groups -OCH3 is 1. The van der Waals surface area contributed by atoms with Gasteiger partial charge >= 0.3 is 0 Å². The van der Waals surface area contributed by atoms with Crippen LogP contribution < -0.4 is 0 Å². The Morgan fingerprint density at radius 3 is 2.79 bits per heavy atom. The summed E-state index contributed by atoms with van der Waals surface area (Å²) >= 11 is 0. The number of hydrogen-bond acceptors (Lipinski definition) is 3. The van der Waals surface area contributed by atoms with E-state index in [-0.39, 0.29) is 0 Å². The van der Waals surface area contributed by atoms with Gasteiger partial charge in [-0.25, -0.2) is 0 Å². The Hall–Kier alpha value is -0.120. The highest BCUT2D eigenvalue weighted by Gasteiger charge is 2.33. The van der Waals surface area contributed by atoms with E-state index in [0.29, 0.717) is 0 Å². The van der Waals surface area contributed by atoms with Crippen molar-refractivity contribution < 1.29 is 4.74 Å². The van der Waals surface area contributed by atoms with E-state index in [0.717, 1.165) is 18.7 Å². The van der Waals surface area contributed by atoms with E-state index in [9.17, 15) is 0 Å². The molecular weight excluding hydrogens is 236 g/mol. The Morgan fingerprint density at radius 1 is 1.11 bits per heavy atom. The molecular formula is C16H32N2O. The highest BCUT2D eigenvalue weighted by molar-refractivity contribution is 4.90. The molecule has 2 aliphatic heterocycles. The normalized spacial score (nSPS) is 29.4. The number of rotatable bonds is 7. The van der Waals surface area contributed by atoms with Crippen LogP contribution in [0, 0.1) is 0 Å². The maximum absolute atomic E-state index is 5.13. The largest absolute Gasteiger partial charge is 0.385 e. The molecule has 0 bridgehead atoms. The number of piperazine rings is 1. The summed E-state index contributed by atoms with van der Waals surface area (Å²) in [5.74, 6) is 0. The van der Waals surface area contributed by atoms with Gasteiger partial charge in [-0.3, -0.25) is 9.80 Å². The van der Waals surface area contributed by atoms with Crippen molar-refractivity contribution in [3.63, 3.8) is 0 Å². The number of unbranched alkanes of at least 4 members (excludes halogenated alkanes) is 2. The molecule has 2 saturated heterocycles. The lowest BCUT2D eigenvalue weighted by Gasteiger charge is -2.48. The van der Waals surface area contributed by atoms with Crippen LogP contribution in [-0.2, 0) is 4.74 Å². The summed E-state index contributed by atoms with van der Waals surface area (Å²) < 4.78 is 5.13. The smallest absolute Gasteiger partial charge is 0.0462 e. The molecule has 0 radical (unpaired) electrons. The van der Waals surface area contributed by atoms with E-state index in [1.54, 1.807) is 7.11 Å². The van der Waals surface area contributed by atoms with Gasteiger partial charge in [0.15, 0.2) is 0 Å². The third-order valence-electron chi connectivity index (χ3n) is 4.92. The molecule has 0 N–H and O–H groups in total. The lowest BCUT2D eigenvalue weighted by molar-refractivity contribution is 0.00670. The number of nitrogens with zero attached hydrogens (tertiary/aromatic N) is 2. The van der Waals surface area contributed by atoms with E-state index < -0.39 is 0 Å². The maximum atomic E-state index is 5.13. The Bertz CT molecular complexity index is 247. The van der Waals surface area contributed by atoms with Gasteiger partial charge in [0.1, 0.15) is 0 Å². The SMILES string of the molecule is CCC1CN2CCCCC2CN1CCCCCOC. The predicted molar refractivity (Wildman–Crippen MR) is 80.6 cm³/mol. The molecule has 19 heavy (non-hydrogen) atoms. The van der Waals surface area contributed by atoms with Gasteiger partial charge in [0, 0.05) is 38.9 Å². The van der Waals surface area contributed by atoms with Crippen molar-refractivity contribution >= 4 is 0 Å². The van der Waals surface area contributed by atoms with E-state index >= 15 is 0 Å². The van der Waals surface area contributed by atoms with Gasteiger partial charge in [0.2, 0.25) is 0 Å². The second kappa shape index (κ2) is 8.23. The van der Waals surface area contributed by atoms with Crippen LogP contribution >= 0.6 is 0 Å². The molecule has 2 atom stereocenters. The Labute approximate surface area is 119 Å². The average Bonchev–Trinajstić information content (AvgIpc) is 2.46. The Morgan fingerprint density at radius 2 is 2.00 bits per heavy atom. The van der Waals surface area contributed by atoms with Crippen molar-refractivity contribution in [1.29, 1.82) is 0 Å². The highest BCUT2D eigenvalue weighted by atomic mass is 16.5. The van der Waals surface area contributed by atoms with Crippen molar-refractivity contribution in [3.8, 4) is 0 Å². The predicted octanol–water partition coefficient (Wildman–Crippen LogP) is 2.75. The summed E-state index contributed by atoms with van der Waals surface area (Å²) in [6, 6.07) is 1.66. The van der Waals surface area contributed by atoms with Gasteiger partial charge in [-0.1, -0.05) is 13.3 Å². The molecule has 2 fully saturated rings. The first-order chi connectivity index (χ1) is 9.35. The van der Waals surface area contributed by atoms with E-state index in [4.69, 9.17) is 4.74 Å². The molecule has 2 heterocycles. The van der Waals surface area contributed by atoms with Crippen molar-refractivity contribution in [2.45, 2.75) is 64.0 Å². The van der Waals surface area contributed by atoms with Crippen LogP contribution in [0.15, 0.2) is 0 Å². The fourth-order valence-corrected chi connectivity index (χ4v) is 3.71. The average molecular weight is 268 g/mol. The summed E-state index contributed by atoms with van der Waals surface area (Å²) in [5, 5.41) is 0. The summed E-state index contributed by atoms with van der Waals surface area (Å²) in [7, 11) is 1.80. The molecule has 2 rings (SSSR count). The minimum absolute atomic E-state index is 0.803. The molecule has 112 valence electrons. The summed E-state index contributed by atoms with van der Waals surface area (Å²) in [4.78, 5) is 5.54. The fourth-order valence-electron chi connectivity index (χ4n) is 3.71. The lowest BCUT2D eigenvalue weighted by atomic mass is 9.95. The number of piperidine rings is 1. The molecule has 0 saturated carbocycles. The van der Waals surface area contributed by atoms with Gasteiger partial charge in [0.05, 0.1) is 0 Å². The first-order valence-electron chi connectivity index (χ1n) is 8.32. The molecule has 2 aliphatic rings. The van der Waals surface area contributed by atoms with Crippen molar-refractivity contribution in [3.05, 3.63) is 0 Å². The summed E-state index contributed by atoms with van der Waals surface area (Å²) in [6.45, 7) is 8.57. The van der Waals surface area contributed by atoms with Gasteiger partial charge in [-0.05, 0) is 51.6 Å². The van der Waals surface area contributed by atoms with Crippen molar-refractivity contribution in [1.82, 2.24) is 9.80 Å². The van der Waals surface area contributed by atoms with Crippen molar-refractivity contribution in [2.75, 3.05) is 39.9 Å². The Kier molecular flexibility index (Phi) is 6.62. The molecule has 2 unspecified atom stereocenters. The van der Waals surface area contributed by atoms with Crippen LogP contribution in [0.2, 0.25) is 0 Å². The topological polar surface area (TPSA) is 15.7 Å². The van der Waals surface area contributed by atoms with E-state index in [1.165, 1.54) is 71.1 Å². The number of fused-ring (bicyclic) bond motifs is 1. The standard InChI is InChI=1S/C16H32N2O/c1-3-15-13-18-11-7-5-9-16(18)14-17(15)10-6-4-8-12-19-2/h15-16H,3-14H2,1-2H3. The monoisotopic (exact) mass is 268 g/mol. The molecule has 0 aromatic rings. The molecule has 0 aromatic heterocycles. The van der Waals surface area contributed by atoms with Crippen molar-refractivity contribution in [2.24, 2.45) is 0 Å². The van der Waals surface area contributed by atoms with Crippen LogP contribution in [0.25, 0.3) is 0 Å². The maximum Gasteiger partial charge on any atom is 0.0462 e.